The van der Waals surface area contributed by atoms with Gasteiger partial charge in [0.05, 0.1) is 0 Å². The molecule has 0 saturated heterocycles. The van der Waals surface area contributed by atoms with Crippen LogP contribution in [0.2, 0.25) is 0 Å². The molecule has 0 aliphatic heterocycles. The lowest BCUT2D eigenvalue weighted by atomic mass is 9.93. The fraction of sp³-hybridized carbons (Fsp3) is 0.200. The summed E-state index contributed by atoms with van der Waals surface area (Å²) in [5.41, 5.74) is 7.07. The van der Waals surface area contributed by atoms with Crippen LogP contribution in [0.3, 0.4) is 0 Å². The van der Waals surface area contributed by atoms with E-state index < -0.39 is 7.92 Å². The van der Waals surface area contributed by atoms with Crippen LogP contribution in [0.4, 0.5) is 0 Å². The minimum atomic E-state index is -0.449. The average molecular weight is 423 g/mol. The van der Waals surface area contributed by atoms with E-state index in [1.807, 2.05) is 0 Å². The number of benzene rings is 4. The Morgan fingerprint density at radius 3 is 1.77 bits per heavy atom. The average Bonchev–Trinajstić information content (AvgIpc) is 2.79. The van der Waals surface area contributed by atoms with Gasteiger partial charge in [-0.05, 0) is 72.5 Å². The molecule has 0 saturated carbocycles. The van der Waals surface area contributed by atoms with E-state index in [2.05, 4.69) is 124 Å². The Kier molecular flexibility index (Phi) is 7.00. The van der Waals surface area contributed by atoms with E-state index in [4.69, 9.17) is 0 Å². The van der Waals surface area contributed by atoms with Gasteiger partial charge in [0, 0.05) is 6.16 Å². The molecule has 1 atom stereocenters. The Hall–Kier alpha value is -2.69. The summed E-state index contributed by atoms with van der Waals surface area (Å²) < 4.78 is 0. The zero-order valence-corrected chi connectivity index (χ0v) is 19.6. The van der Waals surface area contributed by atoms with Crippen LogP contribution in [0.25, 0.3) is 0 Å². The summed E-state index contributed by atoms with van der Waals surface area (Å²) in [5, 5.41) is 2.99. The van der Waals surface area contributed by atoms with E-state index in [1.165, 1.54) is 38.4 Å². The Labute approximate surface area is 188 Å². The second-order valence-corrected chi connectivity index (χ2v) is 10.6. The molecule has 0 fully saturated rings. The molecule has 1 heteroatoms. The van der Waals surface area contributed by atoms with Crippen molar-refractivity contribution in [2.24, 2.45) is 0 Å². The van der Waals surface area contributed by atoms with Gasteiger partial charge < -0.3 is 0 Å². The third-order valence-corrected chi connectivity index (χ3v) is 8.91. The second kappa shape index (κ2) is 10.1. The third-order valence-electron chi connectivity index (χ3n) is 6.06. The lowest BCUT2D eigenvalue weighted by Crippen LogP contribution is -2.18. The number of hydrogen-bond donors (Lipinski definition) is 0. The molecule has 0 bridgehead atoms. The predicted octanol–water partition coefficient (Wildman–Crippen LogP) is 7.28. The highest BCUT2D eigenvalue weighted by molar-refractivity contribution is 7.72. The quantitative estimate of drug-likeness (QED) is 0.275. The minimum absolute atomic E-state index is 0.449. The SMILES string of the molecule is Cc1ccccc1P(Cc1cccc(C(C)Cc2ccccc2)c1)c1ccccc1C. The van der Waals surface area contributed by atoms with Crippen molar-refractivity contribution in [2.75, 3.05) is 0 Å². The van der Waals surface area contributed by atoms with Crippen LogP contribution >= 0.6 is 7.92 Å². The highest BCUT2D eigenvalue weighted by atomic mass is 31.1. The van der Waals surface area contributed by atoms with E-state index in [9.17, 15) is 0 Å². The van der Waals surface area contributed by atoms with Gasteiger partial charge in [0.2, 0.25) is 0 Å². The van der Waals surface area contributed by atoms with Crippen molar-refractivity contribution in [3.05, 3.63) is 131 Å². The maximum absolute atomic E-state index is 2.44. The molecule has 0 heterocycles. The van der Waals surface area contributed by atoms with Crippen LogP contribution < -0.4 is 10.6 Å². The fourth-order valence-corrected chi connectivity index (χ4v) is 6.99. The van der Waals surface area contributed by atoms with Gasteiger partial charge in [-0.2, -0.15) is 0 Å². The molecule has 4 rings (SSSR count). The van der Waals surface area contributed by atoms with Crippen molar-refractivity contribution in [3.63, 3.8) is 0 Å². The minimum Gasteiger partial charge on any atom is -0.0622 e. The summed E-state index contributed by atoms with van der Waals surface area (Å²) in [6, 6.07) is 38.0. The Balaban J connectivity index is 1.64. The summed E-state index contributed by atoms with van der Waals surface area (Å²) in [7, 11) is -0.449. The highest BCUT2D eigenvalue weighted by Gasteiger charge is 2.18. The van der Waals surface area contributed by atoms with Gasteiger partial charge in [-0.25, -0.2) is 0 Å². The van der Waals surface area contributed by atoms with Crippen molar-refractivity contribution < 1.29 is 0 Å². The normalized spacial score (nSPS) is 12.1. The number of hydrogen-bond acceptors (Lipinski definition) is 0. The Bertz CT molecular complexity index is 1080. The first-order chi connectivity index (χ1) is 15.1. The van der Waals surface area contributed by atoms with Gasteiger partial charge in [0.25, 0.3) is 0 Å². The van der Waals surface area contributed by atoms with Gasteiger partial charge >= 0.3 is 0 Å². The van der Waals surface area contributed by atoms with Crippen molar-refractivity contribution in [1.82, 2.24) is 0 Å². The van der Waals surface area contributed by atoms with Gasteiger partial charge in [-0.3, -0.25) is 0 Å². The summed E-state index contributed by atoms with van der Waals surface area (Å²) in [6.45, 7) is 6.85. The molecule has 0 aliphatic rings. The van der Waals surface area contributed by atoms with Crippen LogP contribution in [0.15, 0.2) is 103 Å². The molecule has 31 heavy (non-hydrogen) atoms. The largest absolute Gasteiger partial charge is 0.0622 e. The molecule has 0 N–H and O–H groups in total. The standard InChI is InChI=1S/C30H31P/c1-23-12-7-9-18-29(23)31(30-19-10-8-13-24(30)2)22-27-16-11-17-28(21-27)25(3)20-26-14-5-4-6-15-26/h4-19,21,25H,20,22H2,1-3H3. The third kappa shape index (κ3) is 5.33. The van der Waals surface area contributed by atoms with E-state index in [0.717, 1.165) is 12.6 Å². The first kappa shape index (κ1) is 21.5. The summed E-state index contributed by atoms with van der Waals surface area (Å²) in [5.74, 6) is 0.505. The van der Waals surface area contributed by atoms with Crippen LogP contribution in [-0.4, -0.2) is 0 Å². The smallest absolute Gasteiger partial charge is 0.000773 e. The van der Waals surface area contributed by atoms with Crippen molar-refractivity contribution in [1.29, 1.82) is 0 Å². The molecule has 0 aromatic heterocycles. The number of aryl methyl sites for hydroxylation is 2. The van der Waals surface area contributed by atoms with Gasteiger partial charge in [-0.1, -0.05) is 110 Å². The Morgan fingerprint density at radius 2 is 1.16 bits per heavy atom. The van der Waals surface area contributed by atoms with E-state index >= 15 is 0 Å². The monoisotopic (exact) mass is 422 g/mol. The van der Waals surface area contributed by atoms with E-state index in [0.29, 0.717) is 5.92 Å². The summed E-state index contributed by atoms with van der Waals surface area (Å²) in [4.78, 5) is 0. The summed E-state index contributed by atoms with van der Waals surface area (Å²) >= 11 is 0. The molecular weight excluding hydrogens is 391 g/mol. The molecule has 4 aromatic carbocycles. The highest BCUT2D eigenvalue weighted by Crippen LogP contribution is 2.40. The zero-order chi connectivity index (χ0) is 21.6. The fourth-order valence-electron chi connectivity index (χ4n) is 4.30. The van der Waals surface area contributed by atoms with E-state index in [1.54, 1.807) is 0 Å². The molecular formula is C30H31P. The first-order valence-electron chi connectivity index (χ1n) is 11.1. The first-order valence-corrected chi connectivity index (χ1v) is 12.7. The predicted molar refractivity (Wildman–Crippen MR) is 137 cm³/mol. The van der Waals surface area contributed by atoms with Gasteiger partial charge in [-0.15, -0.1) is 0 Å². The molecule has 1 unspecified atom stereocenters. The van der Waals surface area contributed by atoms with Gasteiger partial charge in [0.1, 0.15) is 0 Å². The van der Waals surface area contributed by atoms with Crippen LogP contribution in [-0.2, 0) is 12.6 Å². The molecule has 156 valence electrons. The lowest BCUT2D eigenvalue weighted by Gasteiger charge is -2.23. The zero-order valence-electron chi connectivity index (χ0n) is 18.8. The maximum atomic E-state index is 2.44. The van der Waals surface area contributed by atoms with Crippen LogP contribution in [0.5, 0.6) is 0 Å². The second-order valence-electron chi connectivity index (χ2n) is 8.49. The molecule has 0 spiro atoms. The lowest BCUT2D eigenvalue weighted by molar-refractivity contribution is 0.758. The molecule has 4 aromatic rings. The maximum Gasteiger partial charge on any atom is 0.000773 e. The van der Waals surface area contributed by atoms with Crippen LogP contribution in [0, 0.1) is 13.8 Å². The Morgan fingerprint density at radius 1 is 0.613 bits per heavy atom. The molecule has 0 nitrogen and oxygen atoms in total. The van der Waals surface area contributed by atoms with Crippen LogP contribution in [0.1, 0.15) is 40.7 Å². The molecule has 0 aliphatic carbocycles. The topological polar surface area (TPSA) is 0 Å². The van der Waals surface area contributed by atoms with Crippen molar-refractivity contribution >= 4 is 18.5 Å². The van der Waals surface area contributed by atoms with E-state index in [-0.39, 0.29) is 0 Å². The number of rotatable bonds is 7. The molecule has 0 amide bonds. The molecule has 0 radical (unpaired) electrons. The summed E-state index contributed by atoms with van der Waals surface area (Å²) in [6.07, 6.45) is 2.16. The van der Waals surface area contributed by atoms with Crippen molar-refractivity contribution in [2.45, 2.75) is 39.3 Å². The van der Waals surface area contributed by atoms with Crippen molar-refractivity contribution in [3.8, 4) is 0 Å². The van der Waals surface area contributed by atoms with Gasteiger partial charge in [0.15, 0.2) is 0 Å².